The zero-order valence-electron chi connectivity index (χ0n) is 12.5. The molecule has 0 amide bonds. The lowest BCUT2D eigenvalue weighted by Gasteiger charge is -2.37. The van der Waals surface area contributed by atoms with E-state index in [1.54, 1.807) is 0 Å². The highest BCUT2D eigenvalue weighted by atomic mass is 15.3. The summed E-state index contributed by atoms with van der Waals surface area (Å²) in [6.45, 7) is 5.54. The van der Waals surface area contributed by atoms with E-state index >= 15 is 0 Å². The van der Waals surface area contributed by atoms with E-state index in [-0.39, 0.29) is 0 Å². The van der Waals surface area contributed by atoms with Gasteiger partial charge >= 0.3 is 0 Å². The molecular formula is C16H27N3. The van der Waals surface area contributed by atoms with Gasteiger partial charge in [0.1, 0.15) is 0 Å². The molecule has 2 bridgehead atoms. The fraction of sp³-hybridized carbons (Fsp3) is 0.812. The SMILES string of the molecule is CNCC1(Cc2ccn(C(C)C)n2)CC2CCC1C2. The van der Waals surface area contributed by atoms with Crippen LogP contribution in [0.15, 0.2) is 12.3 Å². The van der Waals surface area contributed by atoms with Crippen molar-refractivity contribution in [2.45, 2.75) is 52.0 Å². The van der Waals surface area contributed by atoms with Crippen LogP contribution in [0.5, 0.6) is 0 Å². The molecule has 19 heavy (non-hydrogen) atoms. The Bertz CT molecular complexity index is 437. The Morgan fingerprint density at radius 3 is 2.84 bits per heavy atom. The van der Waals surface area contributed by atoms with Gasteiger partial charge < -0.3 is 5.32 Å². The highest BCUT2D eigenvalue weighted by Crippen LogP contribution is 2.56. The molecule has 1 aromatic rings. The lowest BCUT2D eigenvalue weighted by atomic mass is 9.70. The Balaban J connectivity index is 1.78. The lowest BCUT2D eigenvalue weighted by molar-refractivity contribution is 0.158. The largest absolute Gasteiger partial charge is 0.319 e. The van der Waals surface area contributed by atoms with Crippen molar-refractivity contribution >= 4 is 0 Å². The average molecular weight is 261 g/mol. The quantitative estimate of drug-likeness (QED) is 0.883. The summed E-state index contributed by atoms with van der Waals surface area (Å²) in [7, 11) is 2.10. The number of nitrogens with zero attached hydrogens (tertiary/aromatic N) is 2. The van der Waals surface area contributed by atoms with Crippen LogP contribution < -0.4 is 5.32 Å². The Kier molecular flexibility index (Phi) is 3.42. The van der Waals surface area contributed by atoms with Crippen LogP contribution in [0.1, 0.15) is 51.3 Å². The molecule has 1 heterocycles. The molecule has 2 fully saturated rings. The van der Waals surface area contributed by atoms with Gasteiger partial charge in [0.05, 0.1) is 5.69 Å². The normalized spacial score (nSPS) is 33.5. The molecule has 0 aliphatic heterocycles. The third-order valence-corrected chi connectivity index (χ3v) is 5.36. The third-order valence-electron chi connectivity index (χ3n) is 5.36. The van der Waals surface area contributed by atoms with E-state index in [1.165, 1.54) is 31.4 Å². The zero-order chi connectivity index (χ0) is 13.5. The Morgan fingerprint density at radius 2 is 2.32 bits per heavy atom. The molecule has 2 aliphatic carbocycles. The van der Waals surface area contributed by atoms with E-state index in [9.17, 15) is 0 Å². The minimum Gasteiger partial charge on any atom is -0.319 e. The third kappa shape index (κ3) is 2.33. The van der Waals surface area contributed by atoms with Crippen molar-refractivity contribution in [3.63, 3.8) is 0 Å². The van der Waals surface area contributed by atoms with Gasteiger partial charge in [0.25, 0.3) is 0 Å². The summed E-state index contributed by atoms with van der Waals surface area (Å²) in [6.07, 6.45) is 9.09. The minimum absolute atomic E-state index is 0.467. The van der Waals surface area contributed by atoms with E-state index < -0.39 is 0 Å². The van der Waals surface area contributed by atoms with E-state index in [1.807, 2.05) is 0 Å². The molecule has 2 saturated carbocycles. The van der Waals surface area contributed by atoms with Crippen LogP contribution in [-0.4, -0.2) is 23.4 Å². The Hall–Kier alpha value is -0.830. The molecule has 0 saturated heterocycles. The van der Waals surface area contributed by atoms with Crippen LogP contribution in [0.25, 0.3) is 0 Å². The molecule has 3 unspecified atom stereocenters. The topological polar surface area (TPSA) is 29.9 Å². The van der Waals surface area contributed by atoms with Crippen molar-refractivity contribution in [1.82, 2.24) is 15.1 Å². The number of hydrogen-bond acceptors (Lipinski definition) is 2. The molecule has 1 N–H and O–H groups in total. The van der Waals surface area contributed by atoms with Gasteiger partial charge in [-0.05, 0) is 69.9 Å². The second kappa shape index (κ2) is 4.93. The maximum Gasteiger partial charge on any atom is 0.0630 e. The first-order valence-electron chi connectivity index (χ1n) is 7.81. The maximum absolute atomic E-state index is 4.77. The summed E-state index contributed by atoms with van der Waals surface area (Å²) in [4.78, 5) is 0. The zero-order valence-corrected chi connectivity index (χ0v) is 12.5. The van der Waals surface area contributed by atoms with Crippen molar-refractivity contribution in [1.29, 1.82) is 0 Å². The summed E-state index contributed by atoms with van der Waals surface area (Å²) >= 11 is 0. The summed E-state index contributed by atoms with van der Waals surface area (Å²) < 4.78 is 2.09. The number of aromatic nitrogens is 2. The van der Waals surface area contributed by atoms with Gasteiger partial charge in [0.2, 0.25) is 0 Å². The van der Waals surface area contributed by atoms with Crippen molar-refractivity contribution in [2.24, 2.45) is 17.3 Å². The average Bonchev–Trinajstić information content (AvgIpc) is 3.04. The van der Waals surface area contributed by atoms with Gasteiger partial charge in [-0.3, -0.25) is 4.68 Å². The Morgan fingerprint density at radius 1 is 1.47 bits per heavy atom. The Labute approximate surface area is 116 Å². The van der Waals surface area contributed by atoms with Gasteiger partial charge in [-0.1, -0.05) is 6.42 Å². The van der Waals surface area contributed by atoms with Crippen molar-refractivity contribution in [3.8, 4) is 0 Å². The summed E-state index contributed by atoms with van der Waals surface area (Å²) in [6, 6.07) is 2.69. The van der Waals surface area contributed by atoms with E-state index in [0.29, 0.717) is 11.5 Å². The highest BCUT2D eigenvalue weighted by Gasteiger charge is 2.50. The van der Waals surface area contributed by atoms with Crippen LogP contribution in [0, 0.1) is 17.3 Å². The molecule has 3 rings (SSSR count). The molecule has 3 heteroatoms. The summed E-state index contributed by atoms with van der Waals surface area (Å²) in [5, 5.41) is 8.22. The molecule has 1 aromatic heterocycles. The smallest absolute Gasteiger partial charge is 0.0630 e. The predicted molar refractivity (Wildman–Crippen MR) is 78.1 cm³/mol. The molecule has 0 spiro atoms. The van der Waals surface area contributed by atoms with Crippen LogP contribution in [0.4, 0.5) is 0 Å². The molecule has 106 valence electrons. The maximum atomic E-state index is 4.77. The van der Waals surface area contributed by atoms with Crippen molar-refractivity contribution in [3.05, 3.63) is 18.0 Å². The standard InChI is InChI=1S/C16H27N3/c1-12(2)19-7-6-15(18-19)10-16(11-17-3)9-13-4-5-14(16)8-13/h6-7,12-14,17H,4-5,8-11H2,1-3H3. The number of fused-ring (bicyclic) bond motifs is 2. The van der Waals surface area contributed by atoms with Crippen LogP contribution in [0.2, 0.25) is 0 Å². The second-order valence-corrected chi connectivity index (χ2v) is 7.03. The second-order valence-electron chi connectivity index (χ2n) is 7.03. The van der Waals surface area contributed by atoms with Crippen LogP contribution in [0.3, 0.4) is 0 Å². The molecule has 3 nitrogen and oxygen atoms in total. The molecule has 0 radical (unpaired) electrons. The van der Waals surface area contributed by atoms with Gasteiger partial charge in [0, 0.05) is 18.8 Å². The lowest BCUT2D eigenvalue weighted by Crippen LogP contribution is -2.39. The predicted octanol–water partition coefficient (Wildman–Crippen LogP) is 3.03. The number of hydrogen-bond donors (Lipinski definition) is 1. The summed E-state index contributed by atoms with van der Waals surface area (Å²) in [5.74, 6) is 1.92. The van der Waals surface area contributed by atoms with Gasteiger partial charge in [-0.25, -0.2) is 0 Å². The van der Waals surface area contributed by atoms with Crippen molar-refractivity contribution < 1.29 is 0 Å². The van der Waals surface area contributed by atoms with Crippen molar-refractivity contribution in [2.75, 3.05) is 13.6 Å². The minimum atomic E-state index is 0.467. The van der Waals surface area contributed by atoms with Crippen LogP contribution >= 0.6 is 0 Å². The number of rotatable bonds is 5. The fourth-order valence-electron chi connectivity index (χ4n) is 4.53. The molecule has 0 aromatic carbocycles. The first-order chi connectivity index (χ1) is 9.13. The first-order valence-corrected chi connectivity index (χ1v) is 7.81. The summed E-state index contributed by atoms with van der Waals surface area (Å²) in [5.41, 5.74) is 1.77. The molecule has 2 aliphatic rings. The van der Waals surface area contributed by atoms with E-state index in [4.69, 9.17) is 5.10 Å². The van der Waals surface area contributed by atoms with Gasteiger partial charge in [0.15, 0.2) is 0 Å². The number of nitrogens with one attached hydrogen (secondary N) is 1. The van der Waals surface area contributed by atoms with Crippen LogP contribution in [-0.2, 0) is 6.42 Å². The van der Waals surface area contributed by atoms with Gasteiger partial charge in [-0.15, -0.1) is 0 Å². The first kappa shape index (κ1) is 13.2. The monoisotopic (exact) mass is 261 g/mol. The molecular weight excluding hydrogens is 234 g/mol. The van der Waals surface area contributed by atoms with E-state index in [2.05, 4.69) is 43.2 Å². The van der Waals surface area contributed by atoms with Gasteiger partial charge in [-0.2, -0.15) is 5.10 Å². The van der Waals surface area contributed by atoms with E-state index in [0.717, 1.165) is 24.8 Å². The fourth-order valence-corrected chi connectivity index (χ4v) is 4.53. The highest BCUT2D eigenvalue weighted by molar-refractivity contribution is 5.10. The molecule has 3 atom stereocenters.